The predicted molar refractivity (Wildman–Crippen MR) is 110 cm³/mol. The van der Waals surface area contributed by atoms with Gasteiger partial charge in [-0.1, -0.05) is 31.0 Å². The van der Waals surface area contributed by atoms with Crippen LogP contribution in [-0.2, 0) is 12.5 Å². The molecule has 2 heterocycles. The van der Waals surface area contributed by atoms with E-state index in [1.807, 2.05) is 0 Å². The van der Waals surface area contributed by atoms with Crippen molar-refractivity contribution in [3.8, 4) is 22.4 Å². The van der Waals surface area contributed by atoms with Gasteiger partial charge in [-0.3, -0.25) is 4.98 Å². The first-order chi connectivity index (χ1) is 13.0. The number of pyridine rings is 2. The van der Waals surface area contributed by atoms with Crippen LogP contribution >= 0.6 is 0 Å². The number of hydrogen-bond acceptors (Lipinski definition) is 1. The molecule has 0 radical (unpaired) electrons. The van der Waals surface area contributed by atoms with Gasteiger partial charge in [-0.25, -0.2) is 4.57 Å². The summed E-state index contributed by atoms with van der Waals surface area (Å²) in [5.41, 5.74) is 12.3. The molecule has 0 saturated heterocycles. The van der Waals surface area contributed by atoms with Crippen LogP contribution < -0.4 is 4.57 Å². The van der Waals surface area contributed by atoms with Crippen molar-refractivity contribution in [3.63, 3.8) is 0 Å². The highest BCUT2D eigenvalue weighted by Crippen LogP contribution is 2.58. The van der Waals surface area contributed by atoms with Crippen LogP contribution in [0.2, 0.25) is 0 Å². The van der Waals surface area contributed by atoms with E-state index in [2.05, 4.69) is 75.0 Å². The summed E-state index contributed by atoms with van der Waals surface area (Å²) in [5.74, 6) is 0. The molecule has 2 heteroatoms. The molecule has 0 bridgehead atoms. The molecule has 0 atom stereocenters. The Labute approximate surface area is 161 Å². The highest BCUT2D eigenvalue weighted by molar-refractivity contribution is 5.88. The zero-order valence-corrected chi connectivity index (χ0v) is 16.8. The lowest BCUT2D eigenvalue weighted by Gasteiger charge is -2.28. The molecule has 0 unspecified atom stereocenters. The molecule has 2 aromatic heterocycles. The maximum absolute atomic E-state index is 5.10. The van der Waals surface area contributed by atoms with Crippen LogP contribution in [0.4, 0.5) is 0 Å². The normalized spacial score (nSPS) is 16.6. The first-order valence-corrected chi connectivity index (χ1v) is 10.1. The van der Waals surface area contributed by atoms with Crippen molar-refractivity contribution in [2.75, 3.05) is 0 Å². The molecule has 0 amide bonds. The van der Waals surface area contributed by atoms with Crippen LogP contribution in [0.1, 0.15) is 53.8 Å². The summed E-state index contributed by atoms with van der Waals surface area (Å²) in [7, 11) is 2.17. The predicted octanol–water partition coefficient (Wildman–Crippen LogP) is 5.34. The fourth-order valence-electron chi connectivity index (χ4n) is 5.40. The van der Waals surface area contributed by atoms with Crippen molar-refractivity contribution < 1.29 is 4.57 Å². The van der Waals surface area contributed by atoms with Crippen molar-refractivity contribution in [2.24, 2.45) is 7.05 Å². The fourth-order valence-corrected chi connectivity index (χ4v) is 5.40. The molecule has 2 aliphatic carbocycles. The van der Waals surface area contributed by atoms with Gasteiger partial charge in [0.25, 0.3) is 0 Å². The zero-order chi connectivity index (χ0) is 18.8. The first kappa shape index (κ1) is 16.7. The molecule has 1 fully saturated rings. The van der Waals surface area contributed by atoms with Crippen LogP contribution in [0.3, 0.4) is 0 Å². The highest BCUT2D eigenvalue weighted by Gasteiger charge is 2.49. The average Bonchev–Trinajstić information content (AvgIpc) is 3.23. The van der Waals surface area contributed by atoms with Gasteiger partial charge in [0.05, 0.1) is 11.3 Å². The number of aryl methyl sites for hydroxylation is 4. The molecular weight excluding hydrogens is 328 g/mol. The third kappa shape index (κ3) is 2.25. The van der Waals surface area contributed by atoms with Crippen molar-refractivity contribution in [1.82, 2.24) is 4.98 Å². The number of hydrogen-bond donors (Lipinski definition) is 0. The van der Waals surface area contributed by atoms with Crippen LogP contribution in [-0.4, -0.2) is 4.98 Å². The third-order valence-corrected chi connectivity index (χ3v) is 6.69. The molecule has 2 aliphatic rings. The quantitative estimate of drug-likeness (QED) is 0.539. The maximum Gasteiger partial charge on any atom is 0.213 e. The Morgan fingerprint density at radius 3 is 2.44 bits per heavy atom. The second kappa shape index (κ2) is 5.76. The van der Waals surface area contributed by atoms with E-state index in [0.717, 1.165) is 5.69 Å². The Balaban J connectivity index is 1.90. The summed E-state index contributed by atoms with van der Waals surface area (Å²) in [6, 6.07) is 13.6. The standard InChI is InChI=1S/C25H27N2/c1-16-11-14-27(4)21(15-16)22-17(2)7-9-19-20-10-8-18(3)26-24(20)25(23(19)22)12-5-6-13-25/h7-11,14-15H,5-6,12-13H2,1-4H3/q+1. The minimum atomic E-state index is 0.0920. The molecule has 136 valence electrons. The lowest BCUT2D eigenvalue weighted by Crippen LogP contribution is -2.32. The number of nitrogens with zero attached hydrogens (tertiary/aromatic N) is 2. The van der Waals surface area contributed by atoms with Crippen molar-refractivity contribution in [1.29, 1.82) is 0 Å². The maximum atomic E-state index is 5.10. The summed E-state index contributed by atoms with van der Waals surface area (Å²) in [6.07, 6.45) is 7.21. The number of fused-ring (bicyclic) bond motifs is 5. The molecule has 0 aliphatic heterocycles. The van der Waals surface area contributed by atoms with Gasteiger partial charge >= 0.3 is 0 Å². The van der Waals surface area contributed by atoms with E-state index >= 15 is 0 Å². The van der Waals surface area contributed by atoms with E-state index in [9.17, 15) is 0 Å². The Morgan fingerprint density at radius 2 is 1.67 bits per heavy atom. The number of aromatic nitrogens is 2. The molecule has 5 rings (SSSR count). The van der Waals surface area contributed by atoms with Gasteiger partial charge < -0.3 is 0 Å². The Hall–Kier alpha value is -2.48. The zero-order valence-electron chi connectivity index (χ0n) is 16.8. The molecular formula is C25H27N2+. The van der Waals surface area contributed by atoms with E-state index in [-0.39, 0.29) is 5.41 Å². The summed E-state index contributed by atoms with van der Waals surface area (Å²) < 4.78 is 2.28. The second-order valence-corrected chi connectivity index (χ2v) is 8.52. The Morgan fingerprint density at radius 1 is 0.926 bits per heavy atom. The van der Waals surface area contributed by atoms with E-state index < -0.39 is 0 Å². The van der Waals surface area contributed by atoms with Gasteiger partial charge in [-0.2, -0.15) is 0 Å². The second-order valence-electron chi connectivity index (χ2n) is 8.52. The molecule has 3 aromatic rings. The van der Waals surface area contributed by atoms with Crippen molar-refractivity contribution >= 4 is 0 Å². The minimum absolute atomic E-state index is 0.0920. The topological polar surface area (TPSA) is 16.8 Å². The van der Waals surface area contributed by atoms with Gasteiger partial charge in [-0.05, 0) is 61.9 Å². The molecule has 2 nitrogen and oxygen atoms in total. The van der Waals surface area contributed by atoms with E-state index in [1.165, 1.54) is 70.5 Å². The summed E-state index contributed by atoms with van der Waals surface area (Å²) in [4.78, 5) is 5.10. The minimum Gasteiger partial charge on any atom is -0.257 e. The lowest BCUT2D eigenvalue weighted by atomic mass is 9.75. The molecule has 1 aromatic carbocycles. The van der Waals surface area contributed by atoms with Crippen molar-refractivity contribution in [2.45, 2.75) is 51.9 Å². The van der Waals surface area contributed by atoms with Gasteiger partial charge in [-0.15, -0.1) is 0 Å². The number of rotatable bonds is 1. The molecule has 27 heavy (non-hydrogen) atoms. The largest absolute Gasteiger partial charge is 0.257 e. The van der Waals surface area contributed by atoms with Gasteiger partial charge in [0, 0.05) is 28.8 Å². The summed E-state index contributed by atoms with van der Waals surface area (Å²) in [6.45, 7) is 6.58. The third-order valence-electron chi connectivity index (χ3n) is 6.69. The lowest BCUT2D eigenvalue weighted by molar-refractivity contribution is -0.660. The van der Waals surface area contributed by atoms with Crippen molar-refractivity contribution in [3.05, 3.63) is 70.7 Å². The monoisotopic (exact) mass is 355 g/mol. The molecule has 1 spiro atoms. The van der Waals surface area contributed by atoms with Crippen LogP contribution in [0.15, 0.2) is 42.6 Å². The van der Waals surface area contributed by atoms with E-state index in [4.69, 9.17) is 4.98 Å². The van der Waals surface area contributed by atoms with Gasteiger partial charge in [0.2, 0.25) is 5.69 Å². The van der Waals surface area contributed by atoms with Crippen LogP contribution in [0.5, 0.6) is 0 Å². The fraction of sp³-hybridized carbons (Fsp3) is 0.360. The Bertz CT molecular complexity index is 1070. The highest BCUT2D eigenvalue weighted by atomic mass is 14.9. The van der Waals surface area contributed by atoms with Gasteiger partial charge in [0.15, 0.2) is 6.20 Å². The molecule has 0 N–H and O–H groups in total. The van der Waals surface area contributed by atoms with Gasteiger partial charge in [0.1, 0.15) is 7.05 Å². The SMILES string of the molecule is Cc1cc[n+](C)c(-c2c(C)ccc3c2C2(CCCC2)c2nc(C)ccc2-3)c1. The summed E-state index contributed by atoms with van der Waals surface area (Å²) >= 11 is 0. The van der Waals surface area contributed by atoms with Crippen LogP contribution in [0, 0.1) is 20.8 Å². The Kier molecular flexibility index (Phi) is 3.56. The average molecular weight is 356 g/mol. The molecule has 1 saturated carbocycles. The smallest absolute Gasteiger partial charge is 0.213 e. The van der Waals surface area contributed by atoms with Crippen LogP contribution in [0.25, 0.3) is 22.4 Å². The summed E-state index contributed by atoms with van der Waals surface area (Å²) in [5, 5.41) is 0. The number of benzene rings is 1. The van der Waals surface area contributed by atoms with E-state index in [0.29, 0.717) is 0 Å². The first-order valence-electron chi connectivity index (χ1n) is 10.1. The van der Waals surface area contributed by atoms with E-state index in [1.54, 1.807) is 0 Å².